The van der Waals surface area contributed by atoms with Gasteiger partial charge in [0.15, 0.2) is 0 Å². The van der Waals surface area contributed by atoms with E-state index in [4.69, 9.17) is 5.11 Å². The molecule has 0 fully saturated rings. The summed E-state index contributed by atoms with van der Waals surface area (Å²) < 4.78 is 0. The number of carboxylic acid groups (broad SMARTS) is 1. The second kappa shape index (κ2) is 7.17. The van der Waals surface area contributed by atoms with Crippen LogP contribution in [0.25, 0.3) is 6.08 Å². The summed E-state index contributed by atoms with van der Waals surface area (Å²) in [4.78, 5) is 10.4. The van der Waals surface area contributed by atoms with E-state index in [-0.39, 0.29) is 0 Å². The van der Waals surface area contributed by atoms with Gasteiger partial charge in [0.1, 0.15) is 0 Å². The van der Waals surface area contributed by atoms with Crippen molar-refractivity contribution in [2.24, 2.45) is 0 Å². The van der Waals surface area contributed by atoms with Gasteiger partial charge in [0, 0.05) is 17.1 Å². The molecule has 0 aliphatic carbocycles. The highest BCUT2D eigenvalue weighted by molar-refractivity contribution is 7.99. The predicted octanol–water partition coefficient (Wildman–Crippen LogP) is 3.82. The van der Waals surface area contributed by atoms with Crippen LogP contribution in [-0.2, 0) is 10.5 Å². The van der Waals surface area contributed by atoms with Crippen LogP contribution in [-0.4, -0.2) is 16.3 Å². The molecular formula is C14H18O2S. The minimum absolute atomic E-state index is 0.660. The van der Waals surface area contributed by atoms with Crippen molar-refractivity contribution in [2.45, 2.75) is 31.3 Å². The molecule has 1 atom stereocenters. The van der Waals surface area contributed by atoms with Gasteiger partial charge >= 0.3 is 5.97 Å². The highest BCUT2D eigenvalue weighted by Gasteiger charge is 2.00. The Balaban J connectivity index is 2.62. The second-order valence-electron chi connectivity index (χ2n) is 3.95. The third-order valence-corrected chi connectivity index (χ3v) is 3.88. The number of rotatable bonds is 6. The van der Waals surface area contributed by atoms with Gasteiger partial charge in [0.05, 0.1) is 0 Å². The standard InChI is InChI=1S/C14H18O2S/c1-3-11(2)17-10-13-6-4-5-12(9-13)7-8-14(15)16/h4-9,11H,3,10H2,1-2H3,(H,15,16)/b8-7+. The quantitative estimate of drug-likeness (QED) is 0.780. The summed E-state index contributed by atoms with van der Waals surface area (Å²) in [6.07, 6.45) is 3.96. The largest absolute Gasteiger partial charge is 0.478 e. The van der Waals surface area contributed by atoms with E-state index in [0.717, 1.165) is 11.3 Å². The predicted molar refractivity (Wildman–Crippen MR) is 74.2 cm³/mol. The first-order chi connectivity index (χ1) is 8.11. The van der Waals surface area contributed by atoms with E-state index in [9.17, 15) is 4.79 Å². The minimum Gasteiger partial charge on any atom is -0.478 e. The maximum atomic E-state index is 10.4. The second-order valence-corrected chi connectivity index (χ2v) is 5.37. The van der Waals surface area contributed by atoms with Crippen LogP contribution in [0.2, 0.25) is 0 Å². The van der Waals surface area contributed by atoms with Gasteiger partial charge < -0.3 is 5.11 Å². The van der Waals surface area contributed by atoms with Gasteiger partial charge in [0.2, 0.25) is 0 Å². The van der Waals surface area contributed by atoms with Crippen LogP contribution in [0, 0.1) is 0 Å². The molecule has 0 saturated carbocycles. The van der Waals surface area contributed by atoms with Crippen LogP contribution < -0.4 is 0 Å². The molecule has 1 rings (SSSR count). The zero-order valence-corrected chi connectivity index (χ0v) is 11.0. The fraction of sp³-hybridized carbons (Fsp3) is 0.357. The average Bonchev–Trinajstić information content (AvgIpc) is 2.34. The number of thioether (sulfide) groups is 1. The van der Waals surface area contributed by atoms with Crippen molar-refractivity contribution in [2.75, 3.05) is 0 Å². The van der Waals surface area contributed by atoms with Gasteiger partial charge in [-0.3, -0.25) is 0 Å². The molecule has 1 N–H and O–H groups in total. The zero-order valence-electron chi connectivity index (χ0n) is 10.2. The summed E-state index contributed by atoms with van der Waals surface area (Å²) in [5.41, 5.74) is 2.18. The third kappa shape index (κ3) is 5.59. The van der Waals surface area contributed by atoms with Crippen LogP contribution in [0.4, 0.5) is 0 Å². The number of aliphatic carboxylic acids is 1. The van der Waals surface area contributed by atoms with Gasteiger partial charge in [-0.2, -0.15) is 11.8 Å². The van der Waals surface area contributed by atoms with Crippen molar-refractivity contribution >= 4 is 23.8 Å². The molecule has 0 amide bonds. The Bertz CT molecular complexity index is 399. The van der Waals surface area contributed by atoms with Gasteiger partial charge in [-0.25, -0.2) is 4.79 Å². The lowest BCUT2D eigenvalue weighted by molar-refractivity contribution is -0.131. The molecular weight excluding hydrogens is 232 g/mol. The summed E-state index contributed by atoms with van der Waals surface area (Å²) in [5.74, 6) is 0.0633. The molecule has 1 unspecified atom stereocenters. The van der Waals surface area contributed by atoms with Crippen LogP contribution in [0.3, 0.4) is 0 Å². The van der Waals surface area contributed by atoms with E-state index in [1.165, 1.54) is 18.1 Å². The lowest BCUT2D eigenvalue weighted by Crippen LogP contribution is -1.93. The maximum absolute atomic E-state index is 10.4. The van der Waals surface area contributed by atoms with Crippen LogP contribution in [0.1, 0.15) is 31.4 Å². The molecule has 3 heteroatoms. The van der Waals surface area contributed by atoms with Crippen LogP contribution >= 0.6 is 11.8 Å². The summed E-state index contributed by atoms with van der Waals surface area (Å²) in [6.45, 7) is 4.41. The van der Waals surface area contributed by atoms with Gasteiger partial charge in [0.25, 0.3) is 0 Å². The molecule has 0 radical (unpaired) electrons. The Morgan fingerprint density at radius 3 is 2.94 bits per heavy atom. The van der Waals surface area contributed by atoms with Gasteiger partial charge in [-0.05, 0) is 23.6 Å². The number of carboxylic acids is 1. The van der Waals surface area contributed by atoms with E-state index in [0.29, 0.717) is 5.25 Å². The molecule has 0 saturated heterocycles. The topological polar surface area (TPSA) is 37.3 Å². The molecule has 17 heavy (non-hydrogen) atoms. The zero-order chi connectivity index (χ0) is 12.7. The highest BCUT2D eigenvalue weighted by Crippen LogP contribution is 2.20. The van der Waals surface area contributed by atoms with Crippen LogP contribution in [0.15, 0.2) is 30.3 Å². The average molecular weight is 250 g/mol. The van der Waals surface area contributed by atoms with Crippen molar-refractivity contribution in [1.29, 1.82) is 0 Å². The van der Waals surface area contributed by atoms with Crippen molar-refractivity contribution in [1.82, 2.24) is 0 Å². The van der Waals surface area contributed by atoms with E-state index in [1.54, 1.807) is 6.08 Å². The number of hydrogen-bond acceptors (Lipinski definition) is 2. The lowest BCUT2D eigenvalue weighted by atomic mass is 10.1. The maximum Gasteiger partial charge on any atom is 0.328 e. The number of benzene rings is 1. The molecule has 0 spiro atoms. The summed E-state index contributed by atoms with van der Waals surface area (Å²) >= 11 is 1.92. The monoisotopic (exact) mass is 250 g/mol. The molecule has 0 aliphatic heterocycles. The molecule has 1 aromatic rings. The van der Waals surface area contributed by atoms with Crippen LogP contribution in [0.5, 0.6) is 0 Å². The highest BCUT2D eigenvalue weighted by atomic mass is 32.2. The SMILES string of the molecule is CCC(C)SCc1cccc(/C=C/C(=O)O)c1. The number of carbonyl (C=O) groups is 1. The fourth-order valence-corrected chi connectivity index (χ4v) is 2.20. The molecule has 0 aliphatic rings. The molecule has 0 aromatic heterocycles. The van der Waals surface area contributed by atoms with Crippen molar-refractivity contribution < 1.29 is 9.90 Å². The summed E-state index contributed by atoms with van der Waals surface area (Å²) in [7, 11) is 0. The fourth-order valence-electron chi connectivity index (χ4n) is 1.31. The van der Waals surface area contributed by atoms with Gasteiger partial charge in [-0.1, -0.05) is 38.1 Å². The van der Waals surface area contributed by atoms with Crippen molar-refractivity contribution in [3.8, 4) is 0 Å². The Morgan fingerprint density at radius 2 is 2.29 bits per heavy atom. The van der Waals surface area contributed by atoms with Gasteiger partial charge in [-0.15, -0.1) is 0 Å². The normalized spacial score (nSPS) is 12.8. The van der Waals surface area contributed by atoms with Crippen molar-refractivity contribution in [3.63, 3.8) is 0 Å². The molecule has 92 valence electrons. The van der Waals surface area contributed by atoms with E-state index >= 15 is 0 Å². The summed E-state index contributed by atoms with van der Waals surface area (Å²) in [6, 6.07) is 7.99. The Hall–Kier alpha value is -1.22. The Labute approximate surface area is 107 Å². The van der Waals surface area contributed by atoms with Crippen molar-refractivity contribution in [3.05, 3.63) is 41.5 Å². The number of hydrogen-bond donors (Lipinski definition) is 1. The Kier molecular flexibility index (Phi) is 5.84. The molecule has 0 bridgehead atoms. The van der Waals surface area contributed by atoms with E-state index < -0.39 is 5.97 Å². The van der Waals surface area contributed by atoms with E-state index in [1.807, 2.05) is 30.0 Å². The Morgan fingerprint density at radius 1 is 1.53 bits per heavy atom. The van der Waals surface area contributed by atoms with E-state index in [2.05, 4.69) is 19.9 Å². The first-order valence-electron chi connectivity index (χ1n) is 5.73. The first kappa shape index (κ1) is 13.8. The lowest BCUT2D eigenvalue weighted by Gasteiger charge is -2.08. The third-order valence-electron chi connectivity index (χ3n) is 2.48. The summed E-state index contributed by atoms with van der Waals surface area (Å²) in [5, 5.41) is 9.22. The smallest absolute Gasteiger partial charge is 0.328 e. The molecule has 0 heterocycles. The minimum atomic E-state index is -0.913. The first-order valence-corrected chi connectivity index (χ1v) is 6.78. The molecule has 1 aromatic carbocycles. The molecule has 2 nitrogen and oxygen atoms in total.